The number of aliphatic hydroxyl groups is 2. The Morgan fingerprint density at radius 2 is 1.78 bits per heavy atom. The molecule has 0 aromatic heterocycles. The Hall–Kier alpha value is -1.46. The second-order valence-corrected chi connectivity index (χ2v) is 10.1. The summed E-state index contributed by atoms with van der Waals surface area (Å²) in [5.74, 6) is 0.285. The van der Waals surface area contributed by atoms with Crippen LogP contribution in [0.15, 0.2) is 24.3 Å². The van der Waals surface area contributed by atoms with Crippen LogP contribution in [0.3, 0.4) is 0 Å². The number of hydrogen-bond acceptors (Lipinski definition) is 5. The molecule has 0 saturated heterocycles. The Morgan fingerprint density at radius 1 is 1.09 bits per heavy atom. The van der Waals surface area contributed by atoms with Gasteiger partial charge in [0.15, 0.2) is 0 Å². The van der Waals surface area contributed by atoms with Gasteiger partial charge < -0.3 is 14.9 Å². The summed E-state index contributed by atoms with van der Waals surface area (Å²) in [6.45, 7) is 1.90. The first kappa shape index (κ1) is 26.8. The van der Waals surface area contributed by atoms with Crippen LogP contribution in [0.5, 0.6) is 0 Å². The number of rotatable bonds is 12. The maximum atomic E-state index is 12.4. The van der Waals surface area contributed by atoms with Crippen LogP contribution >= 0.6 is 0 Å². The van der Waals surface area contributed by atoms with E-state index in [4.69, 9.17) is 0 Å². The van der Waals surface area contributed by atoms with E-state index in [0.29, 0.717) is 25.7 Å². The molecule has 0 aliphatic heterocycles. The minimum absolute atomic E-state index is 0.121. The molecule has 2 saturated carbocycles. The predicted octanol–water partition coefficient (Wildman–Crippen LogP) is 5.29. The molecule has 5 heteroatoms. The van der Waals surface area contributed by atoms with Gasteiger partial charge in [-0.3, -0.25) is 9.59 Å². The molecule has 32 heavy (non-hydrogen) atoms. The summed E-state index contributed by atoms with van der Waals surface area (Å²) in [7, 11) is 1.38. The molecule has 0 heterocycles. The number of hydrogen-bond donors (Lipinski definition) is 2. The van der Waals surface area contributed by atoms with Gasteiger partial charge in [-0.05, 0) is 51.4 Å². The summed E-state index contributed by atoms with van der Waals surface area (Å²) in [4.78, 5) is 23.5. The quantitative estimate of drug-likeness (QED) is 0.241. The lowest BCUT2D eigenvalue weighted by Crippen LogP contribution is -2.24. The largest absolute Gasteiger partial charge is 0.469 e. The summed E-state index contributed by atoms with van der Waals surface area (Å²) < 4.78 is 4.62. The molecule has 0 bridgehead atoms. The molecule has 0 aromatic rings. The lowest BCUT2D eigenvalue weighted by atomic mass is 9.86. The molecular formula is C27H44O5. The fourth-order valence-electron chi connectivity index (χ4n) is 5.16. The van der Waals surface area contributed by atoms with Gasteiger partial charge in [0.1, 0.15) is 5.78 Å². The molecule has 0 spiro atoms. The van der Waals surface area contributed by atoms with Crippen LogP contribution in [-0.4, -0.2) is 40.8 Å². The molecule has 2 aliphatic carbocycles. The van der Waals surface area contributed by atoms with Crippen molar-refractivity contribution < 1.29 is 24.5 Å². The summed E-state index contributed by atoms with van der Waals surface area (Å²) in [5, 5.41) is 21.2. The molecule has 182 valence electrons. The SMILES string of the molecule is COC(=O)CC/C=C\CC[C@H]1C(=O)C[C@@H](O)[C@@H]1/C=C/CC(C)(O)CCC1CCCCCC1. The predicted molar refractivity (Wildman–Crippen MR) is 127 cm³/mol. The molecule has 0 radical (unpaired) electrons. The van der Waals surface area contributed by atoms with E-state index in [-0.39, 0.29) is 30.0 Å². The number of carbonyl (C=O) groups excluding carboxylic acids is 2. The van der Waals surface area contributed by atoms with Crippen LogP contribution in [0, 0.1) is 17.8 Å². The van der Waals surface area contributed by atoms with Crippen molar-refractivity contribution in [1.29, 1.82) is 0 Å². The number of allylic oxidation sites excluding steroid dienone is 2. The first-order valence-corrected chi connectivity index (χ1v) is 12.6. The van der Waals surface area contributed by atoms with Gasteiger partial charge in [-0.15, -0.1) is 0 Å². The average Bonchev–Trinajstić information content (AvgIpc) is 2.93. The molecule has 2 aliphatic rings. The first-order valence-electron chi connectivity index (χ1n) is 12.6. The molecule has 0 amide bonds. The Kier molecular flexibility index (Phi) is 11.7. The van der Waals surface area contributed by atoms with E-state index in [9.17, 15) is 19.8 Å². The summed E-state index contributed by atoms with van der Waals surface area (Å²) in [6, 6.07) is 0. The van der Waals surface area contributed by atoms with E-state index in [0.717, 1.165) is 25.2 Å². The van der Waals surface area contributed by atoms with Crippen molar-refractivity contribution >= 4 is 11.8 Å². The van der Waals surface area contributed by atoms with Crippen molar-refractivity contribution in [3.8, 4) is 0 Å². The van der Waals surface area contributed by atoms with Crippen LogP contribution in [0.1, 0.15) is 96.8 Å². The van der Waals surface area contributed by atoms with E-state index in [2.05, 4.69) is 4.74 Å². The summed E-state index contributed by atoms with van der Waals surface area (Å²) in [5.41, 5.74) is -0.742. The van der Waals surface area contributed by atoms with Gasteiger partial charge >= 0.3 is 5.97 Å². The number of methoxy groups -OCH3 is 1. The second-order valence-electron chi connectivity index (χ2n) is 10.1. The summed E-state index contributed by atoms with van der Waals surface area (Å²) in [6.07, 6.45) is 20.2. The molecule has 0 aromatic carbocycles. The monoisotopic (exact) mass is 448 g/mol. The highest BCUT2D eigenvalue weighted by Crippen LogP contribution is 2.35. The highest BCUT2D eigenvalue weighted by molar-refractivity contribution is 5.84. The molecule has 1 unspecified atom stereocenters. The third-order valence-corrected chi connectivity index (χ3v) is 7.27. The van der Waals surface area contributed by atoms with E-state index >= 15 is 0 Å². The van der Waals surface area contributed by atoms with Gasteiger partial charge in [0.2, 0.25) is 0 Å². The Labute approximate surface area is 194 Å². The van der Waals surface area contributed by atoms with Crippen molar-refractivity contribution in [2.24, 2.45) is 17.8 Å². The van der Waals surface area contributed by atoms with E-state index < -0.39 is 11.7 Å². The standard InChI is InChI=1S/C27H44O5/c1-27(31,19-17-21-12-7-3-4-8-13-21)18-11-15-23-22(24(28)20-25(23)29)14-9-5-6-10-16-26(30)32-2/h5-6,11,15,21-23,25,29,31H,3-4,7-10,12-14,16-20H2,1-2H3/b6-5-,15-11+/t22-,23-,25-,27?/m1/s1. The van der Waals surface area contributed by atoms with Crippen LogP contribution < -0.4 is 0 Å². The lowest BCUT2D eigenvalue weighted by Gasteiger charge is -2.25. The first-order chi connectivity index (χ1) is 15.3. The molecule has 2 N–H and O–H groups in total. The number of aliphatic hydroxyl groups excluding tert-OH is 1. The number of carbonyl (C=O) groups is 2. The third-order valence-electron chi connectivity index (χ3n) is 7.27. The van der Waals surface area contributed by atoms with Gasteiger partial charge in [-0.1, -0.05) is 62.8 Å². The smallest absolute Gasteiger partial charge is 0.305 e. The van der Waals surface area contributed by atoms with Crippen molar-refractivity contribution in [2.45, 2.75) is 109 Å². The van der Waals surface area contributed by atoms with Gasteiger partial charge in [0.05, 0.1) is 18.8 Å². The van der Waals surface area contributed by atoms with Crippen LogP contribution in [0.4, 0.5) is 0 Å². The van der Waals surface area contributed by atoms with E-state index in [1.165, 1.54) is 45.6 Å². The van der Waals surface area contributed by atoms with Crippen LogP contribution in [0.25, 0.3) is 0 Å². The van der Waals surface area contributed by atoms with Crippen molar-refractivity contribution in [3.63, 3.8) is 0 Å². The number of ketones is 1. The lowest BCUT2D eigenvalue weighted by molar-refractivity contribution is -0.140. The van der Waals surface area contributed by atoms with Crippen molar-refractivity contribution in [2.75, 3.05) is 7.11 Å². The fraction of sp³-hybridized carbons (Fsp3) is 0.778. The molecule has 4 atom stereocenters. The maximum absolute atomic E-state index is 12.4. The van der Waals surface area contributed by atoms with Crippen LogP contribution in [0.2, 0.25) is 0 Å². The van der Waals surface area contributed by atoms with Crippen molar-refractivity contribution in [3.05, 3.63) is 24.3 Å². The topological polar surface area (TPSA) is 83.8 Å². The normalized spacial score (nSPS) is 27.1. The molecule has 2 fully saturated rings. The third kappa shape index (κ3) is 9.58. The summed E-state index contributed by atoms with van der Waals surface area (Å²) >= 11 is 0. The van der Waals surface area contributed by atoms with E-state index in [1.54, 1.807) is 0 Å². The zero-order valence-electron chi connectivity index (χ0n) is 20.1. The highest BCUT2D eigenvalue weighted by atomic mass is 16.5. The number of ether oxygens (including phenoxy) is 1. The Balaban J connectivity index is 1.78. The van der Waals surface area contributed by atoms with Crippen LogP contribution in [-0.2, 0) is 14.3 Å². The zero-order chi connectivity index (χ0) is 23.4. The van der Waals surface area contributed by atoms with Crippen molar-refractivity contribution in [1.82, 2.24) is 0 Å². The highest BCUT2D eigenvalue weighted by Gasteiger charge is 2.39. The van der Waals surface area contributed by atoms with Gasteiger partial charge in [0.25, 0.3) is 0 Å². The van der Waals surface area contributed by atoms with Gasteiger partial charge in [-0.2, -0.15) is 0 Å². The van der Waals surface area contributed by atoms with Gasteiger partial charge in [0, 0.05) is 24.7 Å². The average molecular weight is 449 g/mol. The Morgan fingerprint density at radius 3 is 2.47 bits per heavy atom. The molecule has 5 nitrogen and oxygen atoms in total. The maximum Gasteiger partial charge on any atom is 0.305 e. The minimum atomic E-state index is -0.742. The molecular weight excluding hydrogens is 404 g/mol. The fourth-order valence-corrected chi connectivity index (χ4v) is 5.16. The minimum Gasteiger partial charge on any atom is -0.469 e. The zero-order valence-corrected chi connectivity index (χ0v) is 20.1. The van der Waals surface area contributed by atoms with Gasteiger partial charge in [-0.25, -0.2) is 0 Å². The second kappa shape index (κ2) is 13.9. The Bertz CT molecular complexity index is 628. The van der Waals surface area contributed by atoms with E-state index in [1.807, 2.05) is 31.2 Å². The molecule has 2 rings (SSSR count). The number of Topliss-reactive ketones (excluding diaryl/α,β-unsaturated/α-hetero) is 1. The number of esters is 1.